The van der Waals surface area contributed by atoms with Gasteiger partial charge in [0.15, 0.2) is 6.10 Å². The van der Waals surface area contributed by atoms with Gasteiger partial charge in [-0.15, -0.1) is 0 Å². The first kappa shape index (κ1) is 36.0. The first-order chi connectivity index (χ1) is 19.5. The van der Waals surface area contributed by atoms with Crippen molar-refractivity contribution >= 4 is 23.3 Å². The summed E-state index contributed by atoms with van der Waals surface area (Å²) in [7, 11) is 1.24. The topological polar surface area (TPSA) is 160 Å². The van der Waals surface area contributed by atoms with Crippen LogP contribution in [0.2, 0.25) is 0 Å². The third kappa shape index (κ3) is 8.02. The van der Waals surface area contributed by atoms with Gasteiger partial charge in [-0.1, -0.05) is 52.8 Å². The molecule has 10 heteroatoms. The Morgan fingerprint density at radius 2 is 1.67 bits per heavy atom. The first-order valence-corrected chi connectivity index (χ1v) is 14.9. The normalized spacial score (nSPS) is 41.0. The van der Waals surface area contributed by atoms with Crippen molar-refractivity contribution in [2.24, 2.45) is 35.5 Å². The molecule has 0 amide bonds. The number of carbonyl (C=O) groups is 4. The highest BCUT2D eigenvalue weighted by atomic mass is 16.6. The largest absolute Gasteiger partial charge is 0.463 e. The van der Waals surface area contributed by atoms with E-state index in [9.17, 15) is 34.5 Å². The second kappa shape index (κ2) is 15.0. The molecule has 2 aliphatic heterocycles. The van der Waals surface area contributed by atoms with E-state index in [1.807, 2.05) is 26.0 Å². The van der Waals surface area contributed by atoms with Crippen molar-refractivity contribution in [3.8, 4) is 0 Å². The highest BCUT2D eigenvalue weighted by Gasteiger charge is 2.62. The summed E-state index contributed by atoms with van der Waals surface area (Å²) in [6, 6.07) is 0. The van der Waals surface area contributed by atoms with Crippen molar-refractivity contribution in [2.45, 2.75) is 104 Å². The number of aliphatic hydroxyl groups is 3. The lowest BCUT2D eigenvalue weighted by Crippen LogP contribution is -2.48. The number of ether oxygens (including phenoxy) is 3. The van der Waals surface area contributed by atoms with Gasteiger partial charge in [0.1, 0.15) is 35.7 Å². The maximum absolute atomic E-state index is 13.7. The van der Waals surface area contributed by atoms with Crippen LogP contribution in [0.1, 0.15) is 68.2 Å². The summed E-state index contributed by atoms with van der Waals surface area (Å²) in [5.74, 6) is -6.48. The van der Waals surface area contributed by atoms with Gasteiger partial charge in [0, 0.05) is 43.1 Å². The van der Waals surface area contributed by atoms with E-state index in [1.165, 1.54) is 21.0 Å². The van der Waals surface area contributed by atoms with Gasteiger partial charge in [0.2, 0.25) is 0 Å². The molecule has 1 fully saturated rings. The average molecular weight is 595 g/mol. The van der Waals surface area contributed by atoms with Gasteiger partial charge in [-0.05, 0) is 32.8 Å². The van der Waals surface area contributed by atoms with E-state index in [-0.39, 0.29) is 30.6 Å². The summed E-state index contributed by atoms with van der Waals surface area (Å²) >= 11 is 0. The molecule has 2 aliphatic rings. The quantitative estimate of drug-likeness (QED) is 0.245. The standard InChI is InChI=1S/C32H50O10/c1-10-11-17(3)30-32(8,42-30)29(38)22-15-41-31(39)27(37)28(40-9)21(7)26(36)20(6)24(34)19(5)14-18(4)23(33)13-12-16(2)25(22)35/h10-11,14,16-18,20-22,24,27-30,34,37-38H,12-13,15H2,1-9H3/b11-10-,19-14+/t16-,17-,18-,20+,21+,22-,24-,27+,28-,29-,30+,32+/m0/s1. The molecule has 0 saturated carbocycles. The zero-order valence-corrected chi connectivity index (χ0v) is 26.4. The molecule has 42 heavy (non-hydrogen) atoms. The smallest absolute Gasteiger partial charge is 0.337 e. The van der Waals surface area contributed by atoms with E-state index in [2.05, 4.69) is 0 Å². The predicted molar refractivity (Wildman–Crippen MR) is 155 cm³/mol. The van der Waals surface area contributed by atoms with Crippen LogP contribution >= 0.6 is 0 Å². The molecule has 0 unspecified atom stereocenters. The summed E-state index contributed by atoms with van der Waals surface area (Å²) in [4.78, 5) is 52.8. The second-order valence-corrected chi connectivity index (χ2v) is 12.4. The Bertz CT molecular complexity index is 1050. The number of esters is 1. The van der Waals surface area contributed by atoms with Crippen LogP contribution < -0.4 is 0 Å². The molecule has 0 bridgehead atoms. The third-order valence-corrected chi connectivity index (χ3v) is 9.09. The molecule has 12 atom stereocenters. The van der Waals surface area contributed by atoms with Crippen molar-refractivity contribution in [3.63, 3.8) is 0 Å². The van der Waals surface area contributed by atoms with Crippen molar-refractivity contribution in [1.82, 2.24) is 0 Å². The van der Waals surface area contributed by atoms with Crippen LogP contribution in [0.15, 0.2) is 23.8 Å². The lowest BCUT2D eigenvalue weighted by molar-refractivity contribution is -0.168. The Morgan fingerprint density at radius 1 is 1.05 bits per heavy atom. The van der Waals surface area contributed by atoms with Crippen LogP contribution in [0.25, 0.3) is 0 Å². The van der Waals surface area contributed by atoms with Crippen LogP contribution in [0, 0.1) is 35.5 Å². The first-order valence-electron chi connectivity index (χ1n) is 14.9. The summed E-state index contributed by atoms with van der Waals surface area (Å²) in [5, 5.41) is 33.1. The highest BCUT2D eigenvalue weighted by Crippen LogP contribution is 2.47. The molecule has 0 aromatic rings. The van der Waals surface area contributed by atoms with Gasteiger partial charge in [-0.2, -0.15) is 0 Å². The summed E-state index contributed by atoms with van der Waals surface area (Å²) < 4.78 is 16.6. The number of ketones is 3. The molecule has 0 aromatic heterocycles. The Morgan fingerprint density at radius 3 is 2.24 bits per heavy atom. The molecule has 0 aliphatic carbocycles. The Hall–Kier alpha value is -2.24. The zero-order valence-electron chi connectivity index (χ0n) is 26.4. The van der Waals surface area contributed by atoms with E-state index in [1.54, 1.807) is 33.8 Å². The summed E-state index contributed by atoms with van der Waals surface area (Å²) in [6.45, 7) is 13.0. The van der Waals surface area contributed by atoms with E-state index in [4.69, 9.17) is 14.2 Å². The van der Waals surface area contributed by atoms with Gasteiger partial charge >= 0.3 is 5.97 Å². The van der Waals surface area contributed by atoms with E-state index >= 15 is 0 Å². The van der Waals surface area contributed by atoms with Crippen molar-refractivity contribution in [3.05, 3.63) is 23.8 Å². The van der Waals surface area contributed by atoms with Crippen LogP contribution in [0.3, 0.4) is 0 Å². The van der Waals surface area contributed by atoms with E-state index in [0.29, 0.717) is 5.57 Å². The van der Waals surface area contributed by atoms with Gasteiger partial charge < -0.3 is 29.5 Å². The number of carbonyl (C=O) groups excluding carboxylic acids is 4. The van der Waals surface area contributed by atoms with Crippen LogP contribution in [0.5, 0.6) is 0 Å². The van der Waals surface area contributed by atoms with Gasteiger partial charge in [0.25, 0.3) is 0 Å². The molecular formula is C32H50O10. The van der Waals surface area contributed by atoms with Gasteiger partial charge in [0.05, 0.1) is 24.2 Å². The molecule has 0 radical (unpaired) electrons. The SMILES string of the molecule is C/C=C\[C@H](C)[C@H]1O[C@]1(C)[C@@H](O)[C@H]1COC(=O)[C@H](O)[C@@H](OC)[C@H](C)C(=O)[C@H](C)[C@@H](O)/C(C)=C/[C@H](C)C(=O)CC[C@H](C)C1=O. The molecule has 3 N–H and O–H groups in total. The zero-order chi connectivity index (χ0) is 32.1. The van der Waals surface area contributed by atoms with Gasteiger partial charge in [-0.25, -0.2) is 4.79 Å². The lowest BCUT2D eigenvalue weighted by Gasteiger charge is -2.30. The van der Waals surface area contributed by atoms with Crippen LogP contribution in [-0.2, 0) is 33.4 Å². The van der Waals surface area contributed by atoms with Crippen molar-refractivity contribution < 1.29 is 48.7 Å². The number of epoxide rings is 1. The van der Waals surface area contributed by atoms with Crippen molar-refractivity contribution in [2.75, 3.05) is 13.7 Å². The number of aliphatic hydroxyl groups excluding tert-OH is 3. The fourth-order valence-electron chi connectivity index (χ4n) is 6.04. The molecule has 10 nitrogen and oxygen atoms in total. The number of hydrogen-bond acceptors (Lipinski definition) is 10. The Balaban J connectivity index is 2.45. The Labute approximate surface area is 249 Å². The number of rotatable bonds is 5. The maximum atomic E-state index is 13.7. The fourth-order valence-corrected chi connectivity index (χ4v) is 6.04. The molecule has 0 spiro atoms. The second-order valence-electron chi connectivity index (χ2n) is 12.4. The number of cyclic esters (lactones) is 1. The number of allylic oxidation sites excluding steroid dienone is 2. The predicted octanol–water partition coefficient (Wildman–Crippen LogP) is 2.60. The minimum Gasteiger partial charge on any atom is -0.463 e. The van der Waals surface area contributed by atoms with Crippen LogP contribution in [-0.4, -0.2) is 88.5 Å². The number of hydrogen-bond donors (Lipinski definition) is 3. The third-order valence-electron chi connectivity index (χ3n) is 9.09. The molecule has 2 rings (SSSR count). The molecule has 1 saturated heterocycles. The lowest BCUT2D eigenvalue weighted by atomic mass is 9.79. The summed E-state index contributed by atoms with van der Waals surface area (Å²) in [6.07, 6.45) is -0.351. The Kier molecular flexibility index (Phi) is 12.8. The minimum atomic E-state index is -1.87. The average Bonchev–Trinajstić information content (AvgIpc) is 3.66. The fraction of sp³-hybridized carbons (Fsp3) is 0.750. The highest BCUT2D eigenvalue weighted by molar-refractivity contribution is 5.88. The summed E-state index contributed by atoms with van der Waals surface area (Å²) in [5.41, 5.74) is -0.633. The maximum Gasteiger partial charge on any atom is 0.337 e. The molecular weight excluding hydrogens is 544 g/mol. The van der Waals surface area contributed by atoms with Crippen LogP contribution in [0.4, 0.5) is 0 Å². The molecule has 2 heterocycles. The monoisotopic (exact) mass is 594 g/mol. The van der Waals surface area contributed by atoms with Gasteiger partial charge in [-0.3, -0.25) is 14.4 Å². The number of Topliss-reactive ketones (excluding diaryl/α,β-unsaturated/α-hetero) is 3. The number of methoxy groups -OCH3 is 1. The van der Waals surface area contributed by atoms with E-state index in [0.717, 1.165) is 0 Å². The minimum absolute atomic E-state index is 0.0382. The molecule has 0 aromatic carbocycles. The molecule has 238 valence electrons. The van der Waals surface area contributed by atoms with Crippen molar-refractivity contribution in [1.29, 1.82) is 0 Å². The van der Waals surface area contributed by atoms with E-state index < -0.39 is 83.7 Å².